The van der Waals surface area contributed by atoms with Gasteiger partial charge in [-0.15, -0.1) is 0 Å². The van der Waals surface area contributed by atoms with Gasteiger partial charge in [-0.2, -0.15) is 0 Å². The zero-order valence-corrected chi connectivity index (χ0v) is 11.2. The van der Waals surface area contributed by atoms with Gasteiger partial charge < -0.3 is 5.32 Å². The van der Waals surface area contributed by atoms with E-state index in [2.05, 4.69) is 5.32 Å². The molecule has 0 aliphatic carbocycles. The summed E-state index contributed by atoms with van der Waals surface area (Å²) < 4.78 is 0. The smallest absolute Gasteiger partial charge is 0.0452 e. The standard InChI is InChI=1S/C13H19Cl2N/c1-16-9-5-3-2-4-6-11-7-8-12(14)10-13(11)15/h7-8,10,16H,2-6,9H2,1H3. The molecule has 0 fully saturated rings. The molecule has 0 saturated carbocycles. The fraction of sp³-hybridized carbons (Fsp3) is 0.538. The normalized spacial score (nSPS) is 10.7. The van der Waals surface area contributed by atoms with E-state index in [9.17, 15) is 0 Å². The van der Waals surface area contributed by atoms with Crippen molar-refractivity contribution in [1.29, 1.82) is 0 Å². The summed E-state index contributed by atoms with van der Waals surface area (Å²) in [5.41, 5.74) is 1.21. The van der Waals surface area contributed by atoms with E-state index in [1.165, 1.54) is 31.2 Å². The second-order valence-electron chi connectivity index (χ2n) is 4.00. The molecule has 0 radical (unpaired) electrons. The Bertz CT molecular complexity index is 313. The molecular weight excluding hydrogens is 241 g/mol. The van der Waals surface area contributed by atoms with Gasteiger partial charge in [-0.25, -0.2) is 0 Å². The van der Waals surface area contributed by atoms with Crippen LogP contribution in [0.25, 0.3) is 0 Å². The van der Waals surface area contributed by atoms with Crippen molar-refractivity contribution in [1.82, 2.24) is 5.32 Å². The van der Waals surface area contributed by atoms with E-state index >= 15 is 0 Å². The minimum Gasteiger partial charge on any atom is -0.320 e. The quantitative estimate of drug-likeness (QED) is 0.720. The van der Waals surface area contributed by atoms with Gasteiger partial charge in [0.05, 0.1) is 0 Å². The highest BCUT2D eigenvalue weighted by Crippen LogP contribution is 2.22. The van der Waals surface area contributed by atoms with Gasteiger partial charge in [-0.1, -0.05) is 42.1 Å². The average Bonchev–Trinajstić information content (AvgIpc) is 2.26. The maximum atomic E-state index is 6.10. The van der Waals surface area contributed by atoms with Crippen molar-refractivity contribution in [3.8, 4) is 0 Å². The van der Waals surface area contributed by atoms with Gasteiger partial charge >= 0.3 is 0 Å². The summed E-state index contributed by atoms with van der Waals surface area (Å²) in [7, 11) is 1.99. The Labute approximate surface area is 108 Å². The Hall–Kier alpha value is -0.240. The fourth-order valence-electron chi connectivity index (χ4n) is 1.70. The first-order chi connectivity index (χ1) is 7.74. The molecule has 16 heavy (non-hydrogen) atoms. The van der Waals surface area contributed by atoms with Gasteiger partial charge in [0.1, 0.15) is 0 Å². The molecule has 1 rings (SSSR count). The number of hydrogen-bond acceptors (Lipinski definition) is 1. The zero-order chi connectivity index (χ0) is 11.8. The monoisotopic (exact) mass is 259 g/mol. The lowest BCUT2D eigenvalue weighted by Gasteiger charge is -2.04. The van der Waals surface area contributed by atoms with Gasteiger partial charge in [-0.3, -0.25) is 0 Å². The minimum atomic E-state index is 0.711. The number of halogens is 2. The molecule has 0 aromatic heterocycles. The molecule has 3 heteroatoms. The molecule has 1 nitrogen and oxygen atoms in total. The van der Waals surface area contributed by atoms with Crippen molar-refractivity contribution in [2.75, 3.05) is 13.6 Å². The SMILES string of the molecule is CNCCCCCCc1ccc(Cl)cc1Cl. The fourth-order valence-corrected chi connectivity index (χ4v) is 2.20. The summed E-state index contributed by atoms with van der Waals surface area (Å²) in [4.78, 5) is 0. The van der Waals surface area contributed by atoms with Crippen LogP contribution in [0.5, 0.6) is 0 Å². The number of hydrogen-bond donors (Lipinski definition) is 1. The van der Waals surface area contributed by atoms with Crippen LogP contribution in [0.2, 0.25) is 10.0 Å². The van der Waals surface area contributed by atoms with Crippen molar-refractivity contribution in [3.05, 3.63) is 33.8 Å². The predicted molar refractivity (Wildman–Crippen MR) is 72.6 cm³/mol. The number of rotatable bonds is 7. The molecule has 1 aromatic carbocycles. The molecule has 0 unspecified atom stereocenters. The first-order valence-electron chi connectivity index (χ1n) is 5.82. The van der Waals surface area contributed by atoms with Crippen molar-refractivity contribution >= 4 is 23.2 Å². The van der Waals surface area contributed by atoms with E-state index in [4.69, 9.17) is 23.2 Å². The van der Waals surface area contributed by atoms with E-state index in [1.54, 1.807) is 0 Å². The molecule has 0 aliphatic heterocycles. The van der Waals surface area contributed by atoms with Crippen LogP contribution in [0.1, 0.15) is 31.2 Å². The molecule has 90 valence electrons. The highest BCUT2D eigenvalue weighted by atomic mass is 35.5. The summed E-state index contributed by atoms with van der Waals surface area (Å²) in [6, 6.07) is 5.75. The summed E-state index contributed by atoms with van der Waals surface area (Å²) in [6.45, 7) is 1.11. The molecular formula is C13H19Cl2N. The van der Waals surface area contributed by atoms with Gasteiger partial charge in [0, 0.05) is 10.0 Å². The van der Waals surface area contributed by atoms with E-state index in [0.29, 0.717) is 5.02 Å². The van der Waals surface area contributed by atoms with E-state index < -0.39 is 0 Å². The highest BCUT2D eigenvalue weighted by Gasteiger charge is 2.00. The molecule has 0 spiro atoms. The predicted octanol–water partition coefficient (Wildman–Crippen LogP) is 4.32. The van der Waals surface area contributed by atoms with Crippen molar-refractivity contribution in [2.45, 2.75) is 32.1 Å². The lowest BCUT2D eigenvalue weighted by molar-refractivity contribution is 0.616. The maximum Gasteiger partial charge on any atom is 0.0452 e. The van der Waals surface area contributed by atoms with E-state index in [1.807, 2.05) is 25.2 Å². The molecule has 0 amide bonds. The van der Waals surface area contributed by atoms with Crippen LogP contribution in [0.15, 0.2) is 18.2 Å². The summed E-state index contributed by atoms with van der Waals surface area (Å²) in [5, 5.41) is 4.66. The topological polar surface area (TPSA) is 12.0 Å². The number of benzene rings is 1. The third-order valence-corrected chi connectivity index (χ3v) is 3.22. The Morgan fingerprint density at radius 3 is 2.50 bits per heavy atom. The lowest BCUT2D eigenvalue weighted by Crippen LogP contribution is -2.06. The van der Waals surface area contributed by atoms with Crippen molar-refractivity contribution < 1.29 is 0 Å². The van der Waals surface area contributed by atoms with Crippen LogP contribution in [0.3, 0.4) is 0 Å². The zero-order valence-electron chi connectivity index (χ0n) is 9.73. The van der Waals surface area contributed by atoms with Crippen molar-refractivity contribution in [2.24, 2.45) is 0 Å². The van der Waals surface area contributed by atoms with Crippen LogP contribution in [-0.4, -0.2) is 13.6 Å². The molecule has 0 heterocycles. The molecule has 1 aromatic rings. The van der Waals surface area contributed by atoms with Crippen LogP contribution >= 0.6 is 23.2 Å². The van der Waals surface area contributed by atoms with Gasteiger partial charge in [-0.05, 0) is 50.6 Å². The highest BCUT2D eigenvalue weighted by molar-refractivity contribution is 6.35. The summed E-state index contributed by atoms with van der Waals surface area (Å²) in [5.74, 6) is 0. The molecule has 1 N–H and O–H groups in total. The third kappa shape index (κ3) is 5.20. The van der Waals surface area contributed by atoms with Crippen LogP contribution in [0, 0.1) is 0 Å². The number of aryl methyl sites for hydroxylation is 1. The molecule has 0 saturated heterocycles. The number of unbranched alkanes of at least 4 members (excludes halogenated alkanes) is 3. The minimum absolute atomic E-state index is 0.711. The average molecular weight is 260 g/mol. The van der Waals surface area contributed by atoms with Gasteiger partial charge in [0.15, 0.2) is 0 Å². The van der Waals surface area contributed by atoms with Crippen LogP contribution in [-0.2, 0) is 6.42 Å². The maximum absolute atomic E-state index is 6.10. The second-order valence-corrected chi connectivity index (χ2v) is 4.85. The summed E-state index contributed by atoms with van der Waals surface area (Å²) >= 11 is 11.9. The lowest BCUT2D eigenvalue weighted by atomic mass is 10.1. The van der Waals surface area contributed by atoms with Crippen LogP contribution in [0.4, 0.5) is 0 Å². The third-order valence-electron chi connectivity index (χ3n) is 2.64. The Balaban J connectivity index is 2.21. The Morgan fingerprint density at radius 1 is 1.06 bits per heavy atom. The van der Waals surface area contributed by atoms with Gasteiger partial charge in [0.2, 0.25) is 0 Å². The first-order valence-corrected chi connectivity index (χ1v) is 6.58. The van der Waals surface area contributed by atoms with E-state index in [0.717, 1.165) is 18.0 Å². The van der Waals surface area contributed by atoms with Crippen molar-refractivity contribution in [3.63, 3.8) is 0 Å². The molecule has 0 bridgehead atoms. The summed E-state index contributed by atoms with van der Waals surface area (Å²) in [6.07, 6.45) is 6.05. The first kappa shape index (κ1) is 13.8. The largest absolute Gasteiger partial charge is 0.320 e. The van der Waals surface area contributed by atoms with E-state index in [-0.39, 0.29) is 0 Å². The molecule has 0 atom stereocenters. The second kappa shape index (κ2) is 7.94. The Kier molecular flexibility index (Phi) is 6.86. The number of nitrogens with one attached hydrogen (secondary N) is 1. The molecule has 0 aliphatic rings. The van der Waals surface area contributed by atoms with Gasteiger partial charge in [0.25, 0.3) is 0 Å². The van der Waals surface area contributed by atoms with Crippen LogP contribution < -0.4 is 5.32 Å². The Morgan fingerprint density at radius 2 is 1.81 bits per heavy atom.